The molecule has 0 saturated heterocycles. The predicted molar refractivity (Wildman–Crippen MR) is 62.0 cm³/mol. The summed E-state index contributed by atoms with van der Waals surface area (Å²) in [6, 6.07) is 9.81. The zero-order chi connectivity index (χ0) is 10.8. The Morgan fingerprint density at radius 3 is 2.67 bits per heavy atom. The quantitative estimate of drug-likeness (QED) is 0.646. The van der Waals surface area contributed by atoms with Crippen molar-refractivity contribution < 1.29 is 4.79 Å². The summed E-state index contributed by atoms with van der Waals surface area (Å²) in [4.78, 5) is 11.8. The van der Waals surface area contributed by atoms with Crippen molar-refractivity contribution in [1.29, 1.82) is 0 Å². The zero-order valence-electron chi connectivity index (χ0n) is 8.90. The number of hydrogen-bond donors (Lipinski definition) is 0. The van der Waals surface area contributed by atoms with Crippen molar-refractivity contribution >= 4 is 16.8 Å². The molecule has 0 radical (unpaired) electrons. The van der Waals surface area contributed by atoms with Gasteiger partial charge in [-0.3, -0.25) is 9.36 Å². The summed E-state index contributed by atoms with van der Waals surface area (Å²) in [6.07, 6.45) is 3.46. The molecule has 0 spiro atoms. The van der Waals surface area contributed by atoms with Gasteiger partial charge in [0.25, 0.3) is 5.91 Å². The van der Waals surface area contributed by atoms with E-state index in [1.54, 1.807) is 10.6 Å². The summed E-state index contributed by atoms with van der Waals surface area (Å²) in [6.45, 7) is 3.84. The Kier molecular flexibility index (Phi) is 2.42. The highest BCUT2D eigenvalue weighted by Gasteiger charge is 2.04. The van der Waals surface area contributed by atoms with Gasteiger partial charge in [-0.15, -0.1) is 0 Å². The third-order valence-electron chi connectivity index (χ3n) is 2.25. The maximum Gasteiger partial charge on any atom is 0.254 e. The second-order valence-electron chi connectivity index (χ2n) is 3.80. The molecule has 1 aromatic carbocycles. The standard InChI is InChI=1S/C13H13NO/c1-10(2)9-13(15)14-8-7-11-5-3-4-6-12(11)14/h3-9H,1-2H3. The van der Waals surface area contributed by atoms with E-state index in [1.807, 2.05) is 50.4 Å². The van der Waals surface area contributed by atoms with Crippen LogP contribution in [0.25, 0.3) is 10.9 Å². The Morgan fingerprint density at radius 2 is 1.93 bits per heavy atom. The fraction of sp³-hybridized carbons (Fsp3) is 0.154. The molecular weight excluding hydrogens is 186 g/mol. The van der Waals surface area contributed by atoms with Crippen molar-refractivity contribution in [2.45, 2.75) is 13.8 Å². The summed E-state index contributed by atoms with van der Waals surface area (Å²) < 4.78 is 1.67. The van der Waals surface area contributed by atoms with E-state index in [2.05, 4.69) is 0 Å². The molecule has 0 aliphatic rings. The number of nitrogens with zero attached hydrogens (tertiary/aromatic N) is 1. The predicted octanol–water partition coefficient (Wildman–Crippen LogP) is 3.25. The Balaban J connectivity index is 2.53. The number of hydrogen-bond acceptors (Lipinski definition) is 1. The maximum absolute atomic E-state index is 11.8. The lowest BCUT2D eigenvalue weighted by Crippen LogP contribution is -2.05. The summed E-state index contributed by atoms with van der Waals surface area (Å²) in [5.74, 6) is 0.0104. The average Bonchev–Trinajstić information content (AvgIpc) is 2.59. The van der Waals surface area contributed by atoms with Crippen LogP contribution in [0.2, 0.25) is 0 Å². The van der Waals surface area contributed by atoms with Gasteiger partial charge in [-0.25, -0.2) is 0 Å². The molecule has 1 heterocycles. The zero-order valence-corrected chi connectivity index (χ0v) is 8.90. The van der Waals surface area contributed by atoms with E-state index in [1.165, 1.54) is 0 Å². The van der Waals surface area contributed by atoms with Gasteiger partial charge in [-0.2, -0.15) is 0 Å². The van der Waals surface area contributed by atoms with Crippen molar-refractivity contribution in [3.63, 3.8) is 0 Å². The van der Waals surface area contributed by atoms with E-state index in [4.69, 9.17) is 0 Å². The molecule has 15 heavy (non-hydrogen) atoms. The molecule has 1 aromatic heterocycles. The molecule has 2 rings (SSSR count). The second kappa shape index (κ2) is 3.73. The van der Waals surface area contributed by atoms with Gasteiger partial charge in [-0.1, -0.05) is 23.8 Å². The van der Waals surface area contributed by atoms with Gasteiger partial charge < -0.3 is 0 Å². The number of aromatic nitrogens is 1. The van der Waals surface area contributed by atoms with Crippen LogP contribution in [0.1, 0.15) is 18.6 Å². The molecule has 0 aliphatic carbocycles. The number of benzene rings is 1. The summed E-state index contributed by atoms with van der Waals surface area (Å²) in [7, 11) is 0. The van der Waals surface area contributed by atoms with Crippen LogP contribution in [-0.4, -0.2) is 10.5 Å². The normalized spacial score (nSPS) is 10.3. The van der Waals surface area contributed by atoms with Gasteiger partial charge in [0.15, 0.2) is 0 Å². The first kappa shape index (κ1) is 9.71. The molecule has 0 unspecified atom stereocenters. The van der Waals surface area contributed by atoms with Crippen molar-refractivity contribution in [3.05, 3.63) is 48.2 Å². The minimum absolute atomic E-state index is 0.0104. The minimum Gasteiger partial charge on any atom is -0.284 e. The van der Waals surface area contributed by atoms with Crippen molar-refractivity contribution in [3.8, 4) is 0 Å². The number of allylic oxidation sites excluding steroid dienone is 2. The number of para-hydroxylation sites is 1. The lowest BCUT2D eigenvalue weighted by atomic mass is 10.2. The minimum atomic E-state index is 0.0104. The van der Waals surface area contributed by atoms with Crippen LogP contribution in [0.5, 0.6) is 0 Å². The Labute approximate surface area is 88.8 Å². The Bertz CT molecular complexity index is 530. The second-order valence-corrected chi connectivity index (χ2v) is 3.80. The first-order chi connectivity index (χ1) is 7.18. The number of carbonyl (C=O) groups is 1. The smallest absolute Gasteiger partial charge is 0.254 e. The number of fused-ring (bicyclic) bond motifs is 1. The van der Waals surface area contributed by atoms with Gasteiger partial charge in [-0.05, 0) is 26.0 Å². The first-order valence-electron chi connectivity index (χ1n) is 4.94. The lowest BCUT2D eigenvalue weighted by molar-refractivity contribution is 0.0973. The van der Waals surface area contributed by atoms with E-state index in [9.17, 15) is 4.79 Å². The molecule has 0 fully saturated rings. The summed E-state index contributed by atoms with van der Waals surface area (Å²) in [5, 5.41) is 1.09. The third-order valence-corrected chi connectivity index (χ3v) is 2.25. The number of carbonyl (C=O) groups excluding carboxylic acids is 1. The van der Waals surface area contributed by atoms with Gasteiger partial charge in [0.2, 0.25) is 0 Å². The van der Waals surface area contributed by atoms with Gasteiger partial charge in [0, 0.05) is 17.7 Å². The number of rotatable bonds is 1. The molecule has 0 saturated carbocycles. The fourth-order valence-corrected chi connectivity index (χ4v) is 1.59. The van der Waals surface area contributed by atoms with Crippen LogP contribution in [-0.2, 0) is 0 Å². The van der Waals surface area contributed by atoms with Gasteiger partial charge in [0.1, 0.15) is 0 Å². The van der Waals surface area contributed by atoms with Gasteiger partial charge in [0.05, 0.1) is 5.52 Å². The Morgan fingerprint density at radius 1 is 1.20 bits per heavy atom. The molecule has 2 nitrogen and oxygen atoms in total. The van der Waals surface area contributed by atoms with E-state index >= 15 is 0 Å². The largest absolute Gasteiger partial charge is 0.284 e. The van der Waals surface area contributed by atoms with Crippen LogP contribution in [0.15, 0.2) is 48.2 Å². The van der Waals surface area contributed by atoms with Crippen LogP contribution in [0, 0.1) is 0 Å². The molecule has 0 amide bonds. The van der Waals surface area contributed by atoms with Crippen LogP contribution < -0.4 is 0 Å². The third kappa shape index (κ3) is 1.84. The molecule has 0 atom stereocenters. The van der Waals surface area contributed by atoms with E-state index in [0.29, 0.717) is 0 Å². The molecular formula is C13H13NO. The molecule has 2 heteroatoms. The van der Waals surface area contributed by atoms with Crippen LogP contribution >= 0.6 is 0 Å². The van der Waals surface area contributed by atoms with E-state index < -0.39 is 0 Å². The summed E-state index contributed by atoms with van der Waals surface area (Å²) in [5.41, 5.74) is 1.97. The highest BCUT2D eigenvalue weighted by Crippen LogP contribution is 2.15. The highest BCUT2D eigenvalue weighted by atomic mass is 16.1. The van der Waals surface area contributed by atoms with Crippen molar-refractivity contribution in [2.24, 2.45) is 0 Å². The molecule has 0 bridgehead atoms. The summed E-state index contributed by atoms with van der Waals surface area (Å²) >= 11 is 0. The average molecular weight is 199 g/mol. The highest BCUT2D eigenvalue weighted by molar-refractivity contribution is 5.98. The molecule has 0 aliphatic heterocycles. The van der Waals surface area contributed by atoms with Crippen LogP contribution in [0.4, 0.5) is 0 Å². The molecule has 2 aromatic rings. The first-order valence-corrected chi connectivity index (χ1v) is 4.94. The molecule has 76 valence electrons. The maximum atomic E-state index is 11.8. The monoisotopic (exact) mass is 199 g/mol. The Hall–Kier alpha value is -1.83. The van der Waals surface area contributed by atoms with Crippen LogP contribution in [0.3, 0.4) is 0 Å². The van der Waals surface area contributed by atoms with E-state index in [0.717, 1.165) is 16.5 Å². The lowest BCUT2D eigenvalue weighted by Gasteiger charge is -1.99. The van der Waals surface area contributed by atoms with E-state index in [-0.39, 0.29) is 5.91 Å². The fourth-order valence-electron chi connectivity index (χ4n) is 1.59. The van der Waals surface area contributed by atoms with Gasteiger partial charge >= 0.3 is 0 Å². The van der Waals surface area contributed by atoms with Crippen molar-refractivity contribution in [1.82, 2.24) is 4.57 Å². The molecule has 0 N–H and O–H groups in total. The van der Waals surface area contributed by atoms with Crippen molar-refractivity contribution in [2.75, 3.05) is 0 Å². The SMILES string of the molecule is CC(C)=CC(=O)n1ccc2ccccc21. The topological polar surface area (TPSA) is 22.0 Å².